The molecule has 0 aliphatic rings. The zero-order chi connectivity index (χ0) is 19.5. The molecule has 4 aromatic rings. The van der Waals surface area contributed by atoms with Gasteiger partial charge in [0.15, 0.2) is 0 Å². The number of ether oxygens (including phenoxy) is 1. The molecule has 1 N–H and O–H groups in total. The summed E-state index contributed by atoms with van der Waals surface area (Å²) >= 11 is 6.17. The second kappa shape index (κ2) is 7.70. The number of carbonyl (C=O) groups is 1. The van der Waals surface area contributed by atoms with Crippen LogP contribution in [0.1, 0.15) is 17.3 Å². The largest absolute Gasteiger partial charge is 0.492 e. The van der Waals surface area contributed by atoms with Gasteiger partial charge in [0.2, 0.25) is 0 Å². The van der Waals surface area contributed by atoms with Gasteiger partial charge in [0, 0.05) is 11.3 Å². The number of rotatable bonds is 5. The molecular formula is C21H17ClN4O2. The van der Waals surface area contributed by atoms with E-state index < -0.39 is 0 Å². The van der Waals surface area contributed by atoms with Crippen molar-refractivity contribution in [3.05, 3.63) is 77.3 Å². The van der Waals surface area contributed by atoms with E-state index in [-0.39, 0.29) is 5.91 Å². The molecule has 1 heterocycles. The number of hydrogen-bond donors (Lipinski definition) is 1. The van der Waals surface area contributed by atoms with Gasteiger partial charge in [-0.25, -0.2) is 0 Å². The summed E-state index contributed by atoms with van der Waals surface area (Å²) in [5.41, 5.74) is 3.37. The first-order valence-electron chi connectivity index (χ1n) is 8.80. The van der Waals surface area contributed by atoms with Crippen molar-refractivity contribution in [3.63, 3.8) is 0 Å². The Morgan fingerprint density at radius 1 is 1.04 bits per heavy atom. The number of carbonyl (C=O) groups excluding carboxylic acids is 1. The van der Waals surface area contributed by atoms with Gasteiger partial charge in [-0.2, -0.15) is 4.80 Å². The number of nitrogens with one attached hydrogen (secondary N) is 1. The van der Waals surface area contributed by atoms with E-state index in [1.165, 1.54) is 0 Å². The van der Waals surface area contributed by atoms with Crippen molar-refractivity contribution in [1.29, 1.82) is 0 Å². The molecular weight excluding hydrogens is 376 g/mol. The fourth-order valence-corrected chi connectivity index (χ4v) is 3.02. The Balaban J connectivity index is 1.56. The molecule has 0 bridgehead atoms. The number of nitrogens with zero attached hydrogens (tertiary/aromatic N) is 3. The van der Waals surface area contributed by atoms with E-state index in [0.29, 0.717) is 34.1 Å². The summed E-state index contributed by atoms with van der Waals surface area (Å²) in [5.74, 6) is 0.291. The van der Waals surface area contributed by atoms with Gasteiger partial charge in [-0.05, 0) is 55.5 Å². The molecule has 1 aromatic heterocycles. The maximum Gasteiger partial charge on any atom is 0.255 e. The Kier molecular flexibility index (Phi) is 4.95. The van der Waals surface area contributed by atoms with E-state index in [9.17, 15) is 4.79 Å². The number of fused-ring (bicyclic) bond motifs is 1. The number of halogens is 1. The normalized spacial score (nSPS) is 10.8. The minimum absolute atomic E-state index is 0.264. The molecule has 0 radical (unpaired) electrons. The molecule has 140 valence electrons. The highest BCUT2D eigenvalue weighted by atomic mass is 35.5. The number of amides is 1. The highest BCUT2D eigenvalue weighted by molar-refractivity contribution is 6.32. The van der Waals surface area contributed by atoms with Crippen molar-refractivity contribution in [3.8, 4) is 11.4 Å². The fraction of sp³-hybridized carbons (Fsp3) is 0.0952. The molecule has 0 spiro atoms. The van der Waals surface area contributed by atoms with Crippen LogP contribution in [-0.4, -0.2) is 27.5 Å². The fourth-order valence-electron chi connectivity index (χ4n) is 2.79. The second-order valence-electron chi connectivity index (χ2n) is 6.06. The van der Waals surface area contributed by atoms with Gasteiger partial charge in [0.05, 0.1) is 17.3 Å². The highest BCUT2D eigenvalue weighted by Crippen LogP contribution is 2.26. The van der Waals surface area contributed by atoms with Crippen LogP contribution in [0.4, 0.5) is 5.69 Å². The topological polar surface area (TPSA) is 69.0 Å². The minimum Gasteiger partial charge on any atom is -0.492 e. The van der Waals surface area contributed by atoms with Crippen LogP contribution in [-0.2, 0) is 0 Å². The summed E-state index contributed by atoms with van der Waals surface area (Å²) < 4.78 is 5.40. The molecule has 6 nitrogen and oxygen atoms in total. The first-order valence-corrected chi connectivity index (χ1v) is 9.18. The Morgan fingerprint density at radius 2 is 1.82 bits per heavy atom. The van der Waals surface area contributed by atoms with Crippen molar-refractivity contribution in [2.45, 2.75) is 6.92 Å². The lowest BCUT2D eigenvalue weighted by atomic mass is 10.2. The lowest BCUT2D eigenvalue weighted by molar-refractivity contribution is 0.102. The summed E-state index contributed by atoms with van der Waals surface area (Å²) in [6, 6.07) is 20.0. The third kappa shape index (κ3) is 3.68. The maximum atomic E-state index is 12.5. The Morgan fingerprint density at radius 3 is 2.57 bits per heavy atom. The highest BCUT2D eigenvalue weighted by Gasteiger charge is 2.11. The molecule has 0 aliphatic carbocycles. The number of hydrogen-bond acceptors (Lipinski definition) is 4. The van der Waals surface area contributed by atoms with Crippen molar-refractivity contribution in [2.75, 3.05) is 11.9 Å². The van der Waals surface area contributed by atoms with Gasteiger partial charge in [0.1, 0.15) is 16.8 Å². The summed E-state index contributed by atoms with van der Waals surface area (Å²) in [6.45, 7) is 2.38. The molecule has 7 heteroatoms. The number of benzene rings is 3. The van der Waals surface area contributed by atoms with E-state index in [0.717, 1.165) is 11.2 Å². The molecule has 0 atom stereocenters. The number of para-hydroxylation sites is 1. The molecule has 3 aromatic carbocycles. The SMILES string of the molecule is CCOc1ccc(C(=O)Nc2ccc3nn(-c4ccccc4)nc3c2)cc1Cl. The van der Waals surface area contributed by atoms with Gasteiger partial charge in [0.25, 0.3) is 5.91 Å². The van der Waals surface area contributed by atoms with E-state index >= 15 is 0 Å². The Hall–Kier alpha value is -3.38. The van der Waals surface area contributed by atoms with Gasteiger partial charge in [-0.1, -0.05) is 29.8 Å². The first kappa shape index (κ1) is 18.0. The molecule has 28 heavy (non-hydrogen) atoms. The average molecular weight is 393 g/mol. The van der Waals surface area contributed by atoms with Crippen LogP contribution in [0.2, 0.25) is 5.02 Å². The number of aromatic nitrogens is 3. The van der Waals surface area contributed by atoms with Crippen molar-refractivity contribution in [1.82, 2.24) is 15.0 Å². The van der Waals surface area contributed by atoms with Crippen LogP contribution in [0.5, 0.6) is 5.75 Å². The summed E-state index contributed by atoms with van der Waals surface area (Å²) in [5, 5.41) is 12.2. The van der Waals surface area contributed by atoms with Crippen LogP contribution in [0.3, 0.4) is 0 Å². The lowest BCUT2D eigenvalue weighted by Crippen LogP contribution is -2.11. The first-order chi connectivity index (χ1) is 13.6. The van der Waals surface area contributed by atoms with Gasteiger partial charge in [-0.15, -0.1) is 10.2 Å². The summed E-state index contributed by atoms with van der Waals surface area (Å²) in [7, 11) is 0. The predicted molar refractivity (Wildman–Crippen MR) is 109 cm³/mol. The van der Waals surface area contributed by atoms with E-state index in [1.54, 1.807) is 35.1 Å². The van der Waals surface area contributed by atoms with Crippen molar-refractivity contribution >= 4 is 34.2 Å². The number of anilines is 1. The van der Waals surface area contributed by atoms with E-state index in [4.69, 9.17) is 16.3 Å². The average Bonchev–Trinajstić information content (AvgIpc) is 3.14. The zero-order valence-electron chi connectivity index (χ0n) is 15.1. The third-order valence-electron chi connectivity index (χ3n) is 4.12. The van der Waals surface area contributed by atoms with Crippen LogP contribution in [0.25, 0.3) is 16.7 Å². The summed E-state index contributed by atoms with van der Waals surface area (Å²) in [6.07, 6.45) is 0. The van der Waals surface area contributed by atoms with Crippen LogP contribution in [0.15, 0.2) is 66.7 Å². The van der Waals surface area contributed by atoms with E-state index in [1.807, 2.05) is 43.3 Å². The third-order valence-corrected chi connectivity index (χ3v) is 4.41. The summed E-state index contributed by atoms with van der Waals surface area (Å²) in [4.78, 5) is 14.1. The molecule has 0 fully saturated rings. The molecule has 0 saturated heterocycles. The molecule has 0 aliphatic heterocycles. The van der Waals surface area contributed by atoms with Crippen LogP contribution < -0.4 is 10.1 Å². The standard InChI is InChI=1S/C21H17ClN4O2/c1-2-28-20-11-8-14(12-17(20)22)21(27)23-15-9-10-18-19(13-15)25-26(24-18)16-6-4-3-5-7-16/h3-13H,2H2,1H3,(H,23,27). The minimum atomic E-state index is -0.264. The molecule has 1 amide bonds. The zero-order valence-corrected chi connectivity index (χ0v) is 15.8. The maximum absolute atomic E-state index is 12.5. The van der Waals surface area contributed by atoms with Crippen molar-refractivity contribution in [2.24, 2.45) is 0 Å². The predicted octanol–water partition coefficient (Wildman–Crippen LogP) is 4.72. The van der Waals surface area contributed by atoms with E-state index in [2.05, 4.69) is 15.5 Å². The van der Waals surface area contributed by atoms with Crippen molar-refractivity contribution < 1.29 is 9.53 Å². The molecule has 0 saturated carbocycles. The van der Waals surface area contributed by atoms with Crippen LogP contribution >= 0.6 is 11.6 Å². The molecule has 4 rings (SSSR count). The van der Waals surface area contributed by atoms with Crippen LogP contribution in [0, 0.1) is 0 Å². The Bertz CT molecular complexity index is 1140. The van der Waals surface area contributed by atoms with Gasteiger partial charge < -0.3 is 10.1 Å². The van der Waals surface area contributed by atoms with Gasteiger partial charge in [-0.3, -0.25) is 4.79 Å². The smallest absolute Gasteiger partial charge is 0.255 e. The molecule has 0 unspecified atom stereocenters. The lowest BCUT2D eigenvalue weighted by Gasteiger charge is -2.08. The monoisotopic (exact) mass is 392 g/mol. The second-order valence-corrected chi connectivity index (χ2v) is 6.47. The van der Waals surface area contributed by atoms with Gasteiger partial charge >= 0.3 is 0 Å². The quantitative estimate of drug-likeness (QED) is 0.533. The Labute approximate surface area is 166 Å².